The van der Waals surface area contributed by atoms with Crippen molar-refractivity contribution in [3.63, 3.8) is 0 Å². The number of rotatable bonds is 1. The maximum Gasteiger partial charge on any atom is 0.0280 e. The number of hydrogen-bond acceptors (Lipinski definition) is 0. The number of benzene rings is 1. The average molecular weight is 165 g/mol. The SMILES string of the molecule is [2H]C([2H])([2H])c1cc(C)c(C(C)C)c(C)c1. The highest BCUT2D eigenvalue weighted by atomic mass is 14.1. The van der Waals surface area contributed by atoms with Crippen molar-refractivity contribution in [1.82, 2.24) is 0 Å². The molecule has 0 atom stereocenters. The van der Waals surface area contributed by atoms with Crippen LogP contribution in [0.4, 0.5) is 0 Å². The topological polar surface area (TPSA) is 0 Å². The molecule has 0 spiro atoms. The molecular formula is C12H18. The van der Waals surface area contributed by atoms with E-state index in [1.807, 2.05) is 13.8 Å². The minimum Gasteiger partial charge on any atom is -0.0587 e. The Morgan fingerprint density at radius 2 is 1.67 bits per heavy atom. The molecule has 1 rings (SSSR count). The van der Waals surface area contributed by atoms with Gasteiger partial charge in [0.15, 0.2) is 0 Å². The van der Waals surface area contributed by atoms with Gasteiger partial charge in [-0.2, -0.15) is 0 Å². The minimum atomic E-state index is -2.00. The Balaban J connectivity index is 3.32. The molecule has 0 unspecified atom stereocenters. The highest BCUT2D eigenvalue weighted by Crippen LogP contribution is 2.23. The van der Waals surface area contributed by atoms with Crippen LogP contribution >= 0.6 is 0 Å². The Kier molecular flexibility index (Phi) is 1.59. The van der Waals surface area contributed by atoms with Crippen LogP contribution in [0.15, 0.2) is 12.1 Å². The second-order valence-electron chi connectivity index (χ2n) is 3.68. The Morgan fingerprint density at radius 3 is 2.00 bits per heavy atom. The molecule has 0 radical (unpaired) electrons. The van der Waals surface area contributed by atoms with E-state index in [1.165, 1.54) is 5.56 Å². The van der Waals surface area contributed by atoms with Gasteiger partial charge in [0.05, 0.1) is 0 Å². The zero-order valence-corrected chi connectivity index (χ0v) is 8.23. The second kappa shape index (κ2) is 3.30. The van der Waals surface area contributed by atoms with E-state index in [9.17, 15) is 0 Å². The van der Waals surface area contributed by atoms with Crippen molar-refractivity contribution in [2.75, 3.05) is 0 Å². The minimum absolute atomic E-state index is 0.440. The van der Waals surface area contributed by atoms with Crippen molar-refractivity contribution in [1.29, 1.82) is 0 Å². The molecule has 1 aromatic rings. The van der Waals surface area contributed by atoms with E-state index in [4.69, 9.17) is 4.11 Å². The van der Waals surface area contributed by atoms with Crippen molar-refractivity contribution in [3.8, 4) is 0 Å². The Labute approximate surface area is 79.8 Å². The lowest BCUT2D eigenvalue weighted by Gasteiger charge is -2.14. The molecule has 0 aliphatic rings. The number of hydrogen-bond donors (Lipinski definition) is 0. The van der Waals surface area contributed by atoms with Crippen LogP contribution in [0.1, 0.15) is 46.1 Å². The van der Waals surface area contributed by atoms with Crippen molar-refractivity contribution in [2.45, 2.75) is 40.5 Å². The molecular weight excluding hydrogens is 144 g/mol. The summed E-state index contributed by atoms with van der Waals surface area (Å²) in [6, 6.07) is 3.57. The fourth-order valence-corrected chi connectivity index (χ4v) is 1.89. The molecule has 0 N–H and O–H groups in total. The molecule has 0 saturated carbocycles. The molecule has 0 aliphatic heterocycles. The van der Waals surface area contributed by atoms with Crippen molar-refractivity contribution < 1.29 is 4.11 Å². The first-order chi connectivity index (χ1) is 6.73. The fourth-order valence-electron chi connectivity index (χ4n) is 1.89. The van der Waals surface area contributed by atoms with Crippen LogP contribution in [0.5, 0.6) is 0 Å². The van der Waals surface area contributed by atoms with Crippen LogP contribution in [0.2, 0.25) is 0 Å². The van der Waals surface area contributed by atoms with Gasteiger partial charge in [-0.05, 0) is 43.3 Å². The summed E-state index contributed by atoms with van der Waals surface area (Å²) in [7, 11) is 0. The first-order valence-electron chi connectivity index (χ1n) is 5.85. The summed E-state index contributed by atoms with van der Waals surface area (Å²) in [6.07, 6.45) is 0. The van der Waals surface area contributed by atoms with Gasteiger partial charge in [-0.25, -0.2) is 0 Å². The standard InChI is InChI=1S/C12H18/c1-8(2)12-10(4)6-9(3)7-11(12)5/h6-8H,1-5H3/i3D3. The van der Waals surface area contributed by atoms with Crippen LogP contribution < -0.4 is 0 Å². The summed E-state index contributed by atoms with van der Waals surface area (Å²) in [5.41, 5.74) is 3.87. The van der Waals surface area contributed by atoms with Crippen LogP contribution in [0.25, 0.3) is 0 Å². The van der Waals surface area contributed by atoms with Gasteiger partial charge in [0.25, 0.3) is 0 Å². The lowest BCUT2D eigenvalue weighted by Crippen LogP contribution is -1.96. The maximum atomic E-state index is 7.38. The molecule has 0 heterocycles. The molecule has 66 valence electrons. The molecule has 12 heavy (non-hydrogen) atoms. The summed E-state index contributed by atoms with van der Waals surface area (Å²) in [6.45, 7) is 6.23. The van der Waals surface area contributed by atoms with Gasteiger partial charge in [0.2, 0.25) is 0 Å². The van der Waals surface area contributed by atoms with E-state index < -0.39 is 6.85 Å². The van der Waals surface area contributed by atoms with Gasteiger partial charge in [-0.3, -0.25) is 0 Å². The zero-order valence-electron chi connectivity index (χ0n) is 11.2. The quantitative estimate of drug-likeness (QED) is 0.594. The van der Waals surface area contributed by atoms with E-state index in [-0.39, 0.29) is 0 Å². The maximum absolute atomic E-state index is 7.38. The molecule has 0 nitrogen and oxygen atoms in total. The van der Waals surface area contributed by atoms with Crippen LogP contribution in [-0.4, -0.2) is 0 Å². The summed E-state index contributed by atoms with van der Waals surface area (Å²) in [5, 5.41) is 0. The summed E-state index contributed by atoms with van der Waals surface area (Å²) in [4.78, 5) is 0. The highest BCUT2D eigenvalue weighted by molar-refractivity contribution is 5.39. The molecule has 0 saturated heterocycles. The molecule has 0 amide bonds. The van der Waals surface area contributed by atoms with Crippen molar-refractivity contribution in [3.05, 3.63) is 34.4 Å². The van der Waals surface area contributed by atoms with Crippen LogP contribution in [0.3, 0.4) is 0 Å². The van der Waals surface area contributed by atoms with Gasteiger partial charge in [0.1, 0.15) is 0 Å². The van der Waals surface area contributed by atoms with Gasteiger partial charge < -0.3 is 0 Å². The smallest absolute Gasteiger partial charge is 0.0280 e. The summed E-state index contributed by atoms with van der Waals surface area (Å²) < 4.78 is 22.1. The van der Waals surface area contributed by atoms with E-state index >= 15 is 0 Å². The third kappa shape index (κ3) is 1.69. The van der Waals surface area contributed by atoms with Gasteiger partial charge >= 0.3 is 0 Å². The second-order valence-corrected chi connectivity index (χ2v) is 3.68. The molecule has 0 fully saturated rings. The van der Waals surface area contributed by atoms with Gasteiger partial charge in [-0.1, -0.05) is 31.5 Å². The van der Waals surface area contributed by atoms with Gasteiger partial charge in [-0.15, -0.1) is 0 Å². The summed E-state index contributed by atoms with van der Waals surface area (Å²) in [5.74, 6) is 0.440. The molecule has 0 aliphatic carbocycles. The average Bonchev–Trinajstić information content (AvgIpc) is 1.99. The third-order valence-corrected chi connectivity index (χ3v) is 2.17. The van der Waals surface area contributed by atoms with Crippen molar-refractivity contribution >= 4 is 0 Å². The lowest BCUT2D eigenvalue weighted by atomic mass is 9.92. The Hall–Kier alpha value is -0.780. The van der Waals surface area contributed by atoms with Crippen LogP contribution in [0, 0.1) is 20.7 Å². The van der Waals surface area contributed by atoms with Crippen LogP contribution in [-0.2, 0) is 0 Å². The zero-order chi connectivity index (χ0) is 11.8. The normalized spacial score (nSPS) is 15.6. The predicted molar refractivity (Wildman–Crippen MR) is 54.7 cm³/mol. The predicted octanol–water partition coefficient (Wildman–Crippen LogP) is 3.74. The van der Waals surface area contributed by atoms with Crippen molar-refractivity contribution in [2.24, 2.45) is 0 Å². The van der Waals surface area contributed by atoms with E-state index in [0.717, 1.165) is 11.1 Å². The van der Waals surface area contributed by atoms with E-state index in [0.29, 0.717) is 11.5 Å². The third-order valence-electron chi connectivity index (χ3n) is 2.17. The first-order valence-corrected chi connectivity index (χ1v) is 4.35. The molecule has 1 aromatic carbocycles. The van der Waals surface area contributed by atoms with Gasteiger partial charge in [0, 0.05) is 4.11 Å². The molecule has 0 aromatic heterocycles. The fraction of sp³-hybridized carbons (Fsp3) is 0.500. The highest BCUT2D eigenvalue weighted by Gasteiger charge is 2.06. The number of aryl methyl sites for hydroxylation is 3. The molecule has 0 heteroatoms. The summed E-state index contributed by atoms with van der Waals surface area (Å²) >= 11 is 0. The largest absolute Gasteiger partial charge is 0.0587 e. The van der Waals surface area contributed by atoms with E-state index in [1.54, 1.807) is 12.1 Å². The monoisotopic (exact) mass is 165 g/mol. The van der Waals surface area contributed by atoms with E-state index in [2.05, 4.69) is 13.8 Å². The molecule has 0 bridgehead atoms. The Bertz CT molecular complexity index is 339. The lowest BCUT2D eigenvalue weighted by molar-refractivity contribution is 0.845. The Morgan fingerprint density at radius 1 is 1.17 bits per heavy atom. The first kappa shape index (κ1) is 5.80.